The van der Waals surface area contributed by atoms with E-state index in [1.807, 2.05) is 0 Å². The maximum Gasteiger partial charge on any atom is 0.253 e. The number of carbonyl (C=O) groups excluding carboxylic acids is 1. The molecule has 1 aromatic heterocycles. The maximum atomic E-state index is 13.1. The van der Waals surface area contributed by atoms with Crippen LogP contribution in [-0.4, -0.2) is 38.8 Å². The van der Waals surface area contributed by atoms with E-state index in [0.29, 0.717) is 5.56 Å². The number of nitrogens with zero attached hydrogens (tertiary/aromatic N) is 2. The Labute approximate surface area is 142 Å². The Morgan fingerprint density at radius 1 is 1.17 bits per heavy atom. The molecular weight excluding hydrogens is 344 g/mol. The third-order valence-electron chi connectivity index (χ3n) is 3.24. The molecule has 0 aliphatic rings. The Hall–Kier alpha value is -1.76. The van der Waals surface area contributed by atoms with Gasteiger partial charge in [-0.25, -0.2) is 4.39 Å². The van der Waals surface area contributed by atoms with Gasteiger partial charge in [-0.1, -0.05) is 47.5 Å². The second kappa shape index (κ2) is 8.19. The van der Waals surface area contributed by atoms with Gasteiger partial charge in [-0.2, -0.15) is 10.2 Å². The highest BCUT2D eigenvalue weighted by Gasteiger charge is 2.25. The van der Waals surface area contributed by atoms with E-state index in [9.17, 15) is 14.3 Å². The topological polar surface area (TPSA) is 75.1 Å². The Morgan fingerprint density at radius 2 is 1.87 bits per heavy atom. The summed E-state index contributed by atoms with van der Waals surface area (Å²) in [7, 11) is 0. The lowest BCUT2D eigenvalue weighted by Crippen LogP contribution is -2.43. The summed E-state index contributed by atoms with van der Waals surface area (Å²) >= 11 is 10.8. The van der Waals surface area contributed by atoms with Gasteiger partial charge >= 0.3 is 0 Å². The molecule has 1 amide bonds. The first-order chi connectivity index (χ1) is 11.0. The largest absolute Gasteiger partial charge is 0.386 e. The van der Waals surface area contributed by atoms with Gasteiger partial charge in [0, 0.05) is 5.56 Å². The highest BCUT2D eigenvalue weighted by molar-refractivity contribution is 6.53. The third-order valence-corrected chi connectivity index (χ3v) is 3.64. The second-order valence-corrected chi connectivity index (χ2v) is 5.86. The number of hydrogen-bond donors (Lipinski definition) is 2. The fourth-order valence-electron chi connectivity index (χ4n) is 2.01. The van der Waals surface area contributed by atoms with Crippen LogP contribution in [0, 0.1) is 0 Å². The molecule has 0 fully saturated rings. The smallest absolute Gasteiger partial charge is 0.253 e. The van der Waals surface area contributed by atoms with Crippen LogP contribution >= 0.6 is 23.2 Å². The normalized spacial score (nSPS) is 13.6. The number of nitrogens with one attached hydrogen (secondary N) is 1. The standard InChI is InChI=1S/C15H14Cl2FN3O2/c16-14(17)15(23)21-12(7-18)13(22)10-3-1-9(2-4-10)11-5-6-19-20-8-11/h1-6,8,12-14,22H,7H2,(H,21,23). The lowest BCUT2D eigenvalue weighted by atomic mass is 9.99. The second-order valence-electron chi connectivity index (χ2n) is 4.77. The van der Waals surface area contributed by atoms with Crippen LogP contribution in [0.5, 0.6) is 0 Å². The fraction of sp³-hybridized carbons (Fsp3) is 0.267. The zero-order valence-electron chi connectivity index (χ0n) is 11.9. The zero-order valence-corrected chi connectivity index (χ0v) is 13.4. The molecule has 0 radical (unpaired) electrons. The van der Waals surface area contributed by atoms with Crippen LogP contribution in [0.3, 0.4) is 0 Å². The SMILES string of the molecule is O=C(NC(CF)C(O)c1ccc(-c2ccnnc2)cc1)C(Cl)Cl. The average Bonchev–Trinajstić information content (AvgIpc) is 2.59. The maximum absolute atomic E-state index is 13.1. The molecule has 0 saturated carbocycles. The van der Waals surface area contributed by atoms with Crippen molar-refractivity contribution in [3.8, 4) is 11.1 Å². The molecule has 0 aliphatic carbocycles. The molecule has 2 rings (SSSR count). The van der Waals surface area contributed by atoms with E-state index >= 15 is 0 Å². The summed E-state index contributed by atoms with van der Waals surface area (Å²) in [5.41, 5.74) is 2.20. The van der Waals surface area contributed by atoms with Crippen molar-refractivity contribution in [2.24, 2.45) is 0 Å². The number of hydrogen-bond acceptors (Lipinski definition) is 4. The molecule has 8 heteroatoms. The van der Waals surface area contributed by atoms with E-state index in [2.05, 4.69) is 15.5 Å². The van der Waals surface area contributed by atoms with Crippen molar-refractivity contribution in [1.29, 1.82) is 0 Å². The van der Waals surface area contributed by atoms with Gasteiger partial charge in [-0.3, -0.25) is 4.79 Å². The van der Waals surface area contributed by atoms with Crippen LogP contribution in [0.1, 0.15) is 11.7 Å². The molecule has 0 aliphatic heterocycles. The van der Waals surface area contributed by atoms with E-state index in [4.69, 9.17) is 23.2 Å². The number of halogens is 3. The van der Waals surface area contributed by atoms with Crippen molar-refractivity contribution in [3.05, 3.63) is 48.3 Å². The summed E-state index contributed by atoms with van der Waals surface area (Å²) in [6.45, 7) is -0.955. The summed E-state index contributed by atoms with van der Waals surface area (Å²) < 4.78 is 13.1. The number of benzene rings is 1. The van der Waals surface area contributed by atoms with E-state index in [1.165, 1.54) is 0 Å². The Kier molecular flexibility index (Phi) is 6.27. The number of amides is 1. The quantitative estimate of drug-likeness (QED) is 0.778. The number of aliphatic hydroxyl groups is 1. The van der Waals surface area contributed by atoms with Gasteiger partial charge < -0.3 is 10.4 Å². The predicted octanol–water partition coefficient (Wildman–Crippen LogP) is 2.44. The molecule has 23 heavy (non-hydrogen) atoms. The Morgan fingerprint density at radius 3 is 2.39 bits per heavy atom. The number of aromatic nitrogens is 2. The number of aliphatic hydroxyl groups excluding tert-OH is 1. The first-order valence-corrected chi connectivity index (χ1v) is 7.59. The van der Waals surface area contributed by atoms with E-state index in [0.717, 1.165) is 11.1 Å². The van der Waals surface area contributed by atoms with Crippen molar-refractivity contribution in [1.82, 2.24) is 15.5 Å². The summed E-state index contributed by atoms with van der Waals surface area (Å²) in [4.78, 5) is 10.1. The molecule has 2 atom stereocenters. The van der Waals surface area contributed by atoms with Gasteiger partial charge in [-0.15, -0.1) is 0 Å². The van der Waals surface area contributed by atoms with Crippen LogP contribution in [-0.2, 0) is 4.79 Å². The zero-order chi connectivity index (χ0) is 16.8. The van der Waals surface area contributed by atoms with Crippen LogP contribution < -0.4 is 5.32 Å². The average molecular weight is 358 g/mol. The number of carbonyl (C=O) groups is 1. The highest BCUT2D eigenvalue weighted by Crippen LogP contribution is 2.23. The fourth-order valence-corrected chi connectivity index (χ4v) is 2.14. The van der Waals surface area contributed by atoms with E-state index in [1.54, 1.807) is 42.7 Å². The first kappa shape index (κ1) is 17.6. The van der Waals surface area contributed by atoms with Crippen LogP contribution in [0.15, 0.2) is 42.7 Å². The van der Waals surface area contributed by atoms with Crippen LogP contribution in [0.4, 0.5) is 4.39 Å². The van der Waals surface area contributed by atoms with Gasteiger partial charge in [0.25, 0.3) is 5.91 Å². The van der Waals surface area contributed by atoms with E-state index in [-0.39, 0.29) is 0 Å². The molecule has 1 heterocycles. The van der Waals surface area contributed by atoms with Gasteiger partial charge in [-0.05, 0) is 17.2 Å². The molecular formula is C15H14Cl2FN3O2. The lowest BCUT2D eigenvalue weighted by molar-refractivity contribution is -0.121. The third kappa shape index (κ3) is 4.60. The number of rotatable bonds is 6. The minimum absolute atomic E-state index is 0.458. The van der Waals surface area contributed by atoms with Gasteiger partial charge in [0.1, 0.15) is 12.8 Å². The minimum Gasteiger partial charge on any atom is -0.386 e. The van der Waals surface area contributed by atoms with Gasteiger partial charge in [0.2, 0.25) is 0 Å². The first-order valence-electron chi connectivity index (χ1n) is 6.72. The summed E-state index contributed by atoms with van der Waals surface area (Å²) in [6.07, 6.45) is 1.96. The van der Waals surface area contributed by atoms with E-state index < -0.39 is 29.6 Å². The predicted molar refractivity (Wildman–Crippen MR) is 85.8 cm³/mol. The summed E-state index contributed by atoms with van der Waals surface area (Å²) in [6, 6.07) is 7.49. The number of alkyl halides is 3. The Bertz CT molecular complexity index is 641. The van der Waals surface area contributed by atoms with Gasteiger partial charge in [0.15, 0.2) is 4.84 Å². The van der Waals surface area contributed by atoms with Crippen LogP contribution in [0.25, 0.3) is 11.1 Å². The lowest BCUT2D eigenvalue weighted by Gasteiger charge is -2.22. The van der Waals surface area contributed by atoms with Crippen molar-refractivity contribution in [2.75, 3.05) is 6.67 Å². The van der Waals surface area contributed by atoms with Crippen LogP contribution in [0.2, 0.25) is 0 Å². The molecule has 1 aromatic carbocycles. The molecule has 2 unspecified atom stereocenters. The molecule has 0 bridgehead atoms. The molecule has 5 nitrogen and oxygen atoms in total. The Balaban J connectivity index is 2.12. The molecule has 2 N–H and O–H groups in total. The molecule has 0 spiro atoms. The van der Waals surface area contributed by atoms with Crippen molar-refractivity contribution < 1.29 is 14.3 Å². The van der Waals surface area contributed by atoms with Crippen molar-refractivity contribution >= 4 is 29.1 Å². The highest BCUT2D eigenvalue weighted by atomic mass is 35.5. The minimum atomic E-state index is -1.32. The molecule has 122 valence electrons. The van der Waals surface area contributed by atoms with Crippen molar-refractivity contribution in [3.63, 3.8) is 0 Å². The molecule has 2 aromatic rings. The molecule has 0 saturated heterocycles. The van der Waals surface area contributed by atoms with Gasteiger partial charge in [0.05, 0.1) is 18.4 Å². The summed E-state index contributed by atoms with van der Waals surface area (Å²) in [5.74, 6) is -0.755. The summed E-state index contributed by atoms with van der Waals surface area (Å²) in [5, 5.41) is 20.0. The monoisotopic (exact) mass is 357 g/mol. The van der Waals surface area contributed by atoms with Crippen molar-refractivity contribution in [2.45, 2.75) is 17.0 Å².